The fraction of sp³-hybridized carbons (Fsp3) is 0.136. The van der Waals surface area contributed by atoms with Crippen molar-refractivity contribution in [3.63, 3.8) is 0 Å². The molecule has 0 aliphatic heterocycles. The van der Waals surface area contributed by atoms with Crippen molar-refractivity contribution in [2.75, 3.05) is 0 Å². The molecule has 0 spiro atoms. The topological polar surface area (TPSA) is 23.9 Å². The van der Waals surface area contributed by atoms with Crippen molar-refractivity contribution >= 4 is 44.1 Å². The van der Waals surface area contributed by atoms with Crippen LogP contribution in [0.4, 0.5) is 0 Å². The maximum Gasteiger partial charge on any atom is 0.0177 e. The predicted octanol–water partition coefficient (Wildman–Crippen LogP) is 17.9. The lowest BCUT2D eigenvalue weighted by Crippen LogP contribution is -1.91. The van der Waals surface area contributed by atoms with Crippen molar-refractivity contribution in [2.24, 2.45) is 0 Å². The molecule has 0 amide bonds. The van der Waals surface area contributed by atoms with Crippen molar-refractivity contribution in [2.45, 2.75) is 54.9 Å². The van der Waals surface area contributed by atoms with Crippen molar-refractivity contribution in [1.29, 1.82) is 5.41 Å². The van der Waals surface area contributed by atoms with Gasteiger partial charge < -0.3 is 5.41 Å². The molecular weight excluding hydrogens is 723 g/mol. The largest absolute Gasteiger partial charge is 0.309 e. The highest BCUT2D eigenvalue weighted by atomic mass is 14.3. The molecule has 0 atom stereocenters. The molecule has 0 heterocycles. The number of fused-ring (bicyclic) bond motifs is 3. The van der Waals surface area contributed by atoms with E-state index in [1.807, 2.05) is 33.8 Å². The fourth-order valence-electron chi connectivity index (χ4n) is 7.04. The molecule has 1 heteroatoms. The number of benzene rings is 8. The molecule has 0 unspecified atom stereocenters. The first-order chi connectivity index (χ1) is 29.4. The summed E-state index contributed by atoms with van der Waals surface area (Å²) in [6, 6.07) is 57.2. The Morgan fingerprint density at radius 1 is 0.483 bits per heavy atom. The lowest BCUT2D eigenvalue weighted by Gasteiger charge is -2.18. The zero-order valence-corrected chi connectivity index (χ0v) is 37.0. The van der Waals surface area contributed by atoms with Gasteiger partial charge in [0, 0.05) is 6.21 Å². The van der Waals surface area contributed by atoms with E-state index in [0.29, 0.717) is 0 Å². The van der Waals surface area contributed by atoms with Crippen LogP contribution >= 0.6 is 0 Å². The SMILES string of the molecule is C=C.C=C.C=C(/C=C\C=N)c1ccc(-c2ccc3ccc(-c4c5ccccc5c(-c5ccc(CC)cc5)c5ccccc45)cc3c2)cc1.CC.CC.Cc1ccccc1C. The third-order valence-corrected chi connectivity index (χ3v) is 10.1. The van der Waals surface area contributed by atoms with Gasteiger partial charge in [-0.25, -0.2) is 0 Å². The number of aryl methyl sites for hydroxylation is 3. The summed E-state index contributed by atoms with van der Waals surface area (Å²) >= 11 is 0. The Labute approximate surface area is 361 Å². The van der Waals surface area contributed by atoms with Gasteiger partial charge in [0.1, 0.15) is 0 Å². The summed E-state index contributed by atoms with van der Waals surface area (Å²) in [4.78, 5) is 0. The molecule has 1 N–H and O–H groups in total. The van der Waals surface area contributed by atoms with Gasteiger partial charge in [-0.1, -0.05) is 193 Å². The van der Waals surface area contributed by atoms with Crippen LogP contribution in [0.1, 0.15) is 56.9 Å². The van der Waals surface area contributed by atoms with E-state index >= 15 is 0 Å². The van der Waals surface area contributed by atoms with Crippen LogP contribution in [0, 0.1) is 19.3 Å². The van der Waals surface area contributed by atoms with E-state index in [0.717, 1.165) is 17.6 Å². The highest BCUT2D eigenvalue weighted by Crippen LogP contribution is 2.44. The zero-order chi connectivity index (χ0) is 44.0. The summed E-state index contributed by atoms with van der Waals surface area (Å²) in [5.41, 5.74) is 13.4. The molecule has 0 fully saturated rings. The molecule has 0 saturated carbocycles. The fourth-order valence-corrected chi connectivity index (χ4v) is 7.04. The van der Waals surface area contributed by atoms with E-state index in [-0.39, 0.29) is 0 Å². The van der Waals surface area contributed by atoms with Crippen LogP contribution in [-0.2, 0) is 6.42 Å². The first-order valence-electron chi connectivity index (χ1n) is 21.0. The quantitative estimate of drug-likeness (QED) is 0.0720. The third kappa shape index (κ3) is 11.4. The van der Waals surface area contributed by atoms with Crippen LogP contribution in [0.3, 0.4) is 0 Å². The van der Waals surface area contributed by atoms with Gasteiger partial charge in [0.25, 0.3) is 0 Å². The molecule has 0 bridgehead atoms. The van der Waals surface area contributed by atoms with Crippen LogP contribution in [0.15, 0.2) is 203 Å². The summed E-state index contributed by atoms with van der Waals surface area (Å²) in [6.07, 6.45) is 5.87. The van der Waals surface area contributed by atoms with Gasteiger partial charge in [0.2, 0.25) is 0 Å². The number of hydrogen-bond donors (Lipinski definition) is 1. The maximum atomic E-state index is 7.22. The van der Waals surface area contributed by atoms with Crippen molar-refractivity contribution in [3.8, 4) is 33.4 Å². The lowest BCUT2D eigenvalue weighted by molar-refractivity contribution is 1.14. The van der Waals surface area contributed by atoms with Gasteiger partial charge in [-0.05, 0) is 132 Å². The Bertz CT molecular complexity index is 2540. The highest BCUT2D eigenvalue weighted by Gasteiger charge is 2.17. The second-order valence-corrected chi connectivity index (χ2v) is 13.4. The summed E-state index contributed by atoms with van der Waals surface area (Å²) in [5, 5.41) is 14.7. The molecular formula is C59H63N. The first-order valence-corrected chi connectivity index (χ1v) is 21.0. The lowest BCUT2D eigenvalue weighted by atomic mass is 9.85. The number of hydrogen-bond acceptors (Lipinski definition) is 1. The third-order valence-electron chi connectivity index (χ3n) is 10.1. The van der Waals surface area contributed by atoms with Crippen LogP contribution in [0.2, 0.25) is 0 Å². The molecule has 1 nitrogen and oxygen atoms in total. The Balaban J connectivity index is 0.000000519. The molecule has 0 saturated heterocycles. The van der Waals surface area contributed by atoms with Crippen molar-refractivity contribution in [3.05, 3.63) is 225 Å². The van der Waals surface area contributed by atoms with Gasteiger partial charge in [0.15, 0.2) is 0 Å². The molecule has 0 aliphatic carbocycles. The Kier molecular flexibility index (Phi) is 19.7. The zero-order valence-electron chi connectivity index (χ0n) is 37.0. The van der Waals surface area contributed by atoms with E-state index in [2.05, 4.69) is 211 Å². The van der Waals surface area contributed by atoms with Crippen molar-refractivity contribution in [1.82, 2.24) is 0 Å². The first kappa shape index (κ1) is 47.5. The van der Waals surface area contributed by atoms with E-state index in [9.17, 15) is 0 Å². The summed E-state index contributed by atoms with van der Waals surface area (Å²) < 4.78 is 0. The second kappa shape index (κ2) is 24.8. The Morgan fingerprint density at radius 3 is 1.33 bits per heavy atom. The molecule has 0 aromatic heterocycles. The van der Waals surface area contributed by atoms with Gasteiger partial charge in [-0.2, -0.15) is 0 Å². The minimum absolute atomic E-state index is 0.895. The van der Waals surface area contributed by atoms with E-state index in [4.69, 9.17) is 5.41 Å². The second-order valence-electron chi connectivity index (χ2n) is 13.4. The standard InChI is InChI=1S/C43H33N.C8H10.2C2H6.2C2H4/c1-3-30-14-16-34(17-15-30)42-38-10-4-6-12-40(38)43(41-13-7-5-11-39(41)42)36-25-23-33-22-24-35(27-37(33)28-36)32-20-18-31(19-21-32)29(2)9-8-26-44;1-7-5-3-4-6-8(7)2;4*1-2/h4-28,44H,2-3H2,1H3;3-6H,1-2H3;2*1-2H3;2*1-2H2/b9-8-,44-26?;;;;;. The summed E-state index contributed by atoms with van der Waals surface area (Å²) in [7, 11) is 0. The molecule has 0 aliphatic rings. The normalized spacial score (nSPS) is 9.98. The van der Waals surface area contributed by atoms with E-state index < -0.39 is 0 Å². The summed E-state index contributed by atoms with van der Waals surface area (Å²) in [5.74, 6) is 0. The van der Waals surface area contributed by atoms with E-state index in [1.165, 1.54) is 88.6 Å². The van der Waals surface area contributed by atoms with Crippen LogP contribution in [0.5, 0.6) is 0 Å². The monoisotopic (exact) mass is 785 g/mol. The molecule has 304 valence electrons. The number of rotatable bonds is 7. The van der Waals surface area contributed by atoms with Gasteiger partial charge in [-0.15, -0.1) is 26.3 Å². The molecule has 0 radical (unpaired) electrons. The van der Waals surface area contributed by atoms with Crippen LogP contribution < -0.4 is 0 Å². The molecule has 8 aromatic rings. The minimum Gasteiger partial charge on any atom is -0.309 e. The molecule has 60 heavy (non-hydrogen) atoms. The van der Waals surface area contributed by atoms with Gasteiger partial charge in [0.05, 0.1) is 0 Å². The number of allylic oxidation sites excluding steroid dienone is 3. The van der Waals surface area contributed by atoms with Crippen LogP contribution in [-0.4, -0.2) is 6.21 Å². The van der Waals surface area contributed by atoms with Gasteiger partial charge >= 0.3 is 0 Å². The van der Waals surface area contributed by atoms with Crippen molar-refractivity contribution < 1.29 is 0 Å². The van der Waals surface area contributed by atoms with Crippen LogP contribution in [0.25, 0.3) is 71.3 Å². The maximum absolute atomic E-state index is 7.22. The molecule has 8 aromatic carbocycles. The number of nitrogens with one attached hydrogen (secondary N) is 1. The highest BCUT2D eigenvalue weighted by molar-refractivity contribution is 6.21. The minimum atomic E-state index is 0.895. The summed E-state index contributed by atoms with van der Waals surface area (Å²) in [6.45, 7) is 30.6. The van der Waals surface area contributed by atoms with Gasteiger partial charge in [-0.3, -0.25) is 0 Å². The average Bonchev–Trinajstić information content (AvgIpc) is 3.33. The molecule has 8 rings (SSSR count). The Morgan fingerprint density at radius 2 is 0.883 bits per heavy atom. The predicted molar refractivity (Wildman–Crippen MR) is 273 cm³/mol. The average molecular weight is 786 g/mol. The Hall–Kier alpha value is -6.83. The van der Waals surface area contributed by atoms with E-state index in [1.54, 1.807) is 6.08 Å². The smallest absolute Gasteiger partial charge is 0.0177 e.